The molecule has 0 bridgehead atoms. The molecule has 6 nitrogen and oxygen atoms in total. The maximum atomic E-state index is 11.1. The fraction of sp³-hybridized carbons (Fsp3) is 0.462. The van der Waals surface area contributed by atoms with Crippen molar-refractivity contribution in [3.63, 3.8) is 0 Å². The van der Waals surface area contributed by atoms with E-state index in [1.54, 1.807) is 20.3 Å². The lowest BCUT2D eigenvalue weighted by atomic mass is 10.1. The molecule has 2 rings (SSSR count). The van der Waals surface area contributed by atoms with Gasteiger partial charge in [-0.3, -0.25) is 4.79 Å². The predicted molar refractivity (Wildman–Crippen MR) is 68.3 cm³/mol. The minimum atomic E-state index is -0.195. The van der Waals surface area contributed by atoms with E-state index in [0.29, 0.717) is 31.0 Å². The van der Waals surface area contributed by atoms with Crippen LogP contribution in [0.2, 0.25) is 0 Å². The van der Waals surface area contributed by atoms with Crippen LogP contribution in [0.5, 0.6) is 11.5 Å². The van der Waals surface area contributed by atoms with Crippen molar-refractivity contribution in [2.45, 2.75) is 19.0 Å². The topological polar surface area (TPSA) is 71.0 Å². The van der Waals surface area contributed by atoms with E-state index in [-0.39, 0.29) is 11.9 Å². The zero-order valence-corrected chi connectivity index (χ0v) is 11.0. The van der Waals surface area contributed by atoms with E-state index in [9.17, 15) is 10.0 Å². The molecule has 0 saturated carbocycles. The van der Waals surface area contributed by atoms with Crippen molar-refractivity contribution in [3.05, 3.63) is 23.8 Å². The summed E-state index contributed by atoms with van der Waals surface area (Å²) < 4.78 is 10.4. The Labute approximate surface area is 111 Å². The smallest absolute Gasteiger partial charge is 0.221 e. The van der Waals surface area contributed by atoms with Crippen molar-refractivity contribution in [2.24, 2.45) is 0 Å². The second-order valence-corrected chi connectivity index (χ2v) is 4.44. The summed E-state index contributed by atoms with van der Waals surface area (Å²) in [5.41, 5.74) is 0.838. The quantitative estimate of drug-likeness (QED) is 0.771. The van der Waals surface area contributed by atoms with Crippen LogP contribution in [0.4, 0.5) is 0 Å². The summed E-state index contributed by atoms with van der Waals surface area (Å²) in [6.07, 6.45) is 0.314. The average molecular weight is 266 g/mol. The summed E-state index contributed by atoms with van der Waals surface area (Å²) in [5, 5.41) is 13.9. The van der Waals surface area contributed by atoms with E-state index in [2.05, 4.69) is 5.32 Å². The number of methoxy groups -OCH3 is 2. The third kappa shape index (κ3) is 3.15. The van der Waals surface area contributed by atoms with Crippen LogP contribution in [0.25, 0.3) is 0 Å². The lowest BCUT2D eigenvalue weighted by Gasteiger charge is -2.21. The third-order valence-corrected chi connectivity index (χ3v) is 3.20. The van der Waals surface area contributed by atoms with Crippen LogP contribution in [0.15, 0.2) is 18.2 Å². The summed E-state index contributed by atoms with van der Waals surface area (Å²) in [6.45, 7) is 0.764. The van der Waals surface area contributed by atoms with Gasteiger partial charge in [0.2, 0.25) is 5.91 Å². The lowest BCUT2D eigenvalue weighted by molar-refractivity contribution is -0.135. The van der Waals surface area contributed by atoms with Gasteiger partial charge in [0.05, 0.1) is 26.8 Å². The molecule has 19 heavy (non-hydrogen) atoms. The summed E-state index contributed by atoms with van der Waals surface area (Å²) in [6, 6.07) is 5.22. The minimum Gasteiger partial charge on any atom is -0.497 e. The molecule has 1 heterocycles. The predicted octanol–water partition coefficient (Wildman–Crippen LogP) is 0.783. The Bertz CT molecular complexity index is 464. The van der Waals surface area contributed by atoms with Crippen LogP contribution in [0.3, 0.4) is 0 Å². The molecule has 0 aromatic heterocycles. The zero-order chi connectivity index (χ0) is 13.8. The number of carbonyl (C=O) groups is 1. The molecule has 0 radical (unpaired) electrons. The highest BCUT2D eigenvalue weighted by atomic mass is 16.5. The lowest BCUT2D eigenvalue weighted by Crippen LogP contribution is -2.33. The highest BCUT2D eigenvalue weighted by Gasteiger charge is 2.27. The first kappa shape index (κ1) is 13.6. The number of hydrogen-bond acceptors (Lipinski definition) is 5. The van der Waals surface area contributed by atoms with Crippen molar-refractivity contribution in [2.75, 3.05) is 20.8 Å². The molecule has 1 aliphatic rings. The van der Waals surface area contributed by atoms with Gasteiger partial charge in [-0.15, -0.1) is 0 Å². The second kappa shape index (κ2) is 5.90. The van der Waals surface area contributed by atoms with E-state index in [4.69, 9.17) is 9.47 Å². The van der Waals surface area contributed by atoms with Gasteiger partial charge in [0.15, 0.2) is 0 Å². The fourth-order valence-corrected chi connectivity index (χ4v) is 2.09. The molecular formula is C13H18N2O4. The summed E-state index contributed by atoms with van der Waals surface area (Å²) in [4.78, 5) is 11.1. The average Bonchev–Trinajstić information content (AvgIpc) is 2.86. The van der Waals surface area contributed by atoms with E-state index in [1.807, 2.05) is 12.1 Å². The van der Waals surface area contributed by atoms with Crippen LogP contribution >= 0.6 is 0 Å². The Kier molecular flexibility index (Phi) is 4.24. The SMILES string of the molecule is COc1ccc(CN(O)C2CNC(=O)C2)c(OC)c1. The molecule has 1 aliphatic heterocycles. The van der Waals surface area contributed by atoms with Gasteiger partial charge in [-0.25, -0.2) is 0 Å². The van der Waals surface area contributed by atoms with Crippen LogP contribution in [0.1, 0.15) is 12.0 Å². The molecule has 1 fully saturated rings. The normalized spacial score (nSPS) is 18.5. The summed E-state index contributed by atoms with van der Waals surface area (Å²) in [7, 11) is 3.16. The number of carbonyl (C=O) groups excluding carboxylic acids is 1. The second-order valence-electron chi connectivity index (χ2n) is 4.44. The maximum absolute atomic E-state index is 11.1. The number of rotatable bonds is 5. The Morgan fingerprint density at radius 2 is 2.21 bits per heavy atom. The molecule has 2 N–H and O–H groups in total. The van der Waals surface area contributed by atoms with Gasteiger partial charge in [0, 0.05) is 24.6 Å². The van der Waals surface area contributed by atoms with Gasteiger partial charge >= 0.3 is 0 Å². The van der Waals surface area contributed by atoms with Crippen LogP contribution in [0, 0.1) is 0 Å². The molecule has 1 aromatic rings. The number of ether oxygens (including phenoxy) is 2. The number of hydroxylamine groups is 2. The van der Waals surface area contributed by atoms with Crippen molar-refractivity contribution in [1.82, 2.24) is 10.4 Å². The van der Waals surface area contributed by atoms with Crippen molar-refractivity contribution in [1.29, 1.82) is 0 Å². The Balaban J connectivity index is 2.07. The minimum absolute atomic E-state index is 0.0363. The molecule has 0 spiro atoms. The molecule has 1 atom stereocenters. The first-order valence-electron chi connectivity index (χ1n) is 6.07. The number of hydrogen-bond donors (Lipinski definition) is 2. The number of amides is 1. The molecule has 1 saturated heterocycles. The number of nitrogens with zero attached hydrogens (tertiary/aromatic N) is 1. The Hall–Kier alpha value is -1.79. The molecule has 1 amide bonds. The molecule has 104 valence electrons. The van der Waals surface area contributed by atoms with Gasteiger partial charge in [-0.1, -0.05) is 6.07 Å². The molecule has 6 heteroatoms. The first-order chi connectivity index (χ1) is 9.13. The maximum Gasteiger partial charge on any atom is 0.221 e. The van der Waals surface area contributed by atoms with Gasteiger partial charge in [-0.2, -0.15) is 5.06 Å². The van der Waals surface area contributed by atoms with Gasteiger partial charge in [0.25, 0.3) is 0 Å². The summed E-state index contributed by atoms with van der Waals surface area (Å²) >= 11 is 0. The molecule has 1 aromatic carbocycles. The molecule has 1 unspecified atom stereocenters. The van der Waals surface area contributed by atoms with Crippen molar-refractivity contribution < 1.29 is 19.5 Å². The number of benzene rings is 1. The van der Waals surface area contributed by atoms with Gasteiger partial charge in [-0.05, 0) is 6.07 Å². The van der Waals surface area contributed by atoms with Crippen molar-refractivity contribution in [3.8, 4) is 11.5 Å². The number of nitrogens with one attached hydrogen (secondary N) is 1. The Morgan fingerprint density at radius 3 is 2.79 bits per heavy atom. The largest absolute Gasteiger partial charge is 0.497 e. The molecular weight excluding hydrogens is 248 g/mol. The van der Waals surface area contributed by atoms with E-state index < -0.39 is 0 Å². The van der Waals surface area contributed by atoms with E-state index in [0.717, 1.165) is 5.56 Å². The Morgan fingerprint density at radius 1 is 1.42 bits per heavy atom. The standard InChI is InChI=1S/C13H18N2O4/c1-18-11-4-3-9(12(6-11)19-2)8-15(17)10-5-13(16)14-7-10/h3-4,6,10,17H,5,7-8H2,1-2H3,(H,14,16). The van der Waals surface area contributed by atoms with Crippen LogP contribution < -0.4 is 14.8 Å². The molecule has 0 aliphatic carbocycles. The van der Waals surface area contributed by atoms with E-state index in [1.165, 1.54) is 5.06 Å². The van der Waals surface area contributed by atoms with Gasteiger partial charge < -0.3 is 20.0 Å². The zero-order valence-electron chi connectivity index (χ0n) is 11.0. The highest BCUT2D eigenvalue weighted by Crippen LogP contribution is 2.26. The first-order valence-corrected chi connectivity index (χ1v) is 6.07. The highest BCUT2D eigenvalue weighted by molar-refractivity contribution is 5.78. The fourth-order valence-electron chi connectivity index (χ4n) is 2.09. The van der Waals surface area contributed by atoms with E-state index >= 15 is 0 Å². The van der Waals surface area contributed by atoms with Crippen molar-refractivity contribution >= 4 is 5.91 Å². The summed E-state index contributed by atoms with van der Waals surface area (Å²) in [5.74, 6) is 1.31. The van der Waals surface area contributed by atoms with Crippen LogP contribution in [-0.4, -0.2) is 43.0 Å². The monoisotopic (exact) mass is 266 g/mol. The third-order valence-electron chi connectivity index (χ3n) is 3.20. The van der Waals surface area contributed by atoms with Crippen LogP contribution in [-0.2, 0) is 11.3 Å². The van der Waals surface area contributed by atoms with Gasteiger partial charge in [0.1, 0.15) is 11.5 Å².